The zero-order valence-electron chi connectivity index (χ0n) is 16.1. The van der Waals surface area contributed by atoms with E-state index in [1.165, 1.54) is 19.1 Å². The van der Waals surface area contributed by atoms with Gasteiger partial charge in [-0.15, -0.1) is 0 Å². The van der Waals surface area contributed by atoms with Crippen molar-refractivity contribution in [2.75, 3.05) is 5.32 Å². The van der Waals surface area contributed by atoms with Gasteiger partial charge in [0.25, 0.3) is 0 Å². The van der Waals surface area contributed by atoms with E-state index in [-0.39, 0.29) is 36.5 Å². The predicted octanol–water partition coefficient (Wildman–Crippen LogP) is 0.170. The number of hydrogen-bond donors (Lipinski definition) is 3. The van der Waals surface area contributed by atoms with Crippen LogP contribution in [0.1, 0.15) is 35.7 Å². The van der Waals surface area contributed by atoms with Crippen molar-refractivity contribution < 1.29 is 33.9 Å². The van der Waals surface area contributed by atoms with Crippen molar-refractivity contribution in [1.29, 1.82) is 0 Å². The first-order valence-electron chi connectivity index (χ1n) is 9.68. The number of carbonyl (C=O) groups is 6. The van der Waals surface area contributed by atoms with Crippen LogP contribution in [0.15, 0.2) is 12.1 Å². The number of hydrogen-bond acceptors (Lipinski definition) is 7. The molecule has 9 heteroatoms. The molecule has 0 heterocycles. The number of Topliss-reactive ketones (excluding diaryl/α,β-unsaturated/α-hetero) is 4. The van der Waals surface area contributed by atoms with E-state index in [9.17, 15) is 33.9 Å². The zero-order chi connectivity index (χ0) is 21.9. The molecular weight excluding hydrogens is 392 g/mol. The van der Waals surface area contributed by atoms with Gasteiger partial charge < -0.3 is 16.2 Å². The molecule has 2 amide bonds. The molecule has 1 aromatic rings. The highest BCUT2D eigenvalue weighted by molar-refractivity contribution is 6.27. The van der Waals surface area contributed by atoms with Gasteiger partial charge in [0, 0.05) is 19.0 Å². The summed E-state index contributed by atoms with van der Waals surface area (Å²) in [6.45, 7) is 1.32. The standard InChI is InChI=1S/C21H20N2O7/c1-7(24)23-11-2-3-12(25)16-10(11)5-8-4-9-6-13(26)17(21(22)30)20(29)15(9)18(27)14(8)19(16)28/h2-3,8-9,14-15,17,25H,4-6H2,1H3,(H2,22,30)(H,23,24). The molecule has 3 aliphatic rings. The van der Waals surface area contributed by atoms with Crippen molar-refractivity contribution in [1.82, 2.24) is 0 Å². The summed E-state index contributed by atoms with van der Waals surface area (Å²) in [5.41, 5.74) is 5.96. The Kier molecular flexibility index (Phi) is 4.56. The molecule has 30 heavy (non-hydrogen) atoms. The van der Waals surface area contributed by atoms with Crippen molar-refractivity contribution in [3.05, 3.63) is 23.3 Å². The third-order valence-electron chi connectivity index (χ3n) is 6.42. The fourth-order valence-electron chi connectivity index (χ4n) is 5.30. The first-order chi connectivity index (χ1) is 14.1. The number of phenols is 1. The van der Waals surface area contributed by atoms with Crippen LogP contribution in [0.3, 0.4) is 0 Å². The molecule has 4 N–H and O–H groups in total. The number of benzene rings is 1. The maximum Gasteiger partial charge on any atom is 0.235 e. The average Bonchev–Trinajstić information content (AvgIpc) is 2.62. The number of rotatable bonds is 2. The Bertz CT molecular complexity index is 1040. The van der Waals surface area contributed by atoms with Crippen LogP contribution in [0.4, 0.5) is 5.69 Å². The molecule has 9 nitrogen and oxygen atoms in total. The maximum absolute atomic E-state index is 13.2. The minimum Gasteiger partial charge on any atom is -0.507 e. The molecule has 2 saturated carbocycles. The number of primary amides is 1. The molecule has 1 aromatic carbocycles. The highest BCUT2D eigenvalue weighted by atomic mass is 16.3. The number of aromatic hydroxyl groups is 1. The molecule has 2 fully saturated rings. The normalized spacial score (nSPS) is 30.2. The molecule has 0 aliphatic heterocycles. The number of nitrogens with one attached hydrogen (secondary N) is 1. The highest BCUT2D eigenvalue weighted by Crippen LogP contribution is 2.49. The van der Waals surface area contributed by atoms with Crippen molar-refractivity contribution in [2.45, 2.75) is 26.2 Å². The number of nitrogens with two attached hydrogens (primary N) is 1. The van der Waals surface area contributed by atoms with Crippen molar-refractivity contribution in [3.8, 4) is 5.75 Å². The second kappa shape index (κ2) is 6.86. The third-order valence-corrected chi connectivity index (χ3v) is 6.42. The Morgan fingerprint density at radius 3 is 2.33 bits per heavy atom. The molecule has 0 saturated heterocycles. The molecule has 0 spiro atoms. The van der Waals surface area contributed by atoms with Gasteiger partial charge in [-0.2, -0.15) is 0 Å². The lowest BCUT2D eigenvalue weighted by molar-refractivity contribution is -0.152. The highest BCUT2D eigenvalue weighted by Gasteiger charge is 2.57. The molecule has 156 valence electrons. The van der Waals surface area contributed by atoms with E-state index < -0.39 is 58.6 Å². The quantitative estimate of drug-likeness (QED) is 0.461. The van der Waals surface area contributed by atoms with E-state index in [1.807, 2.05) is 0 Å². The number of ketones is 4. The third kappa shape index (κ3) is 2.84. The summed E-state index contributed by atoms with van der Waals surface area (Å²) in [5.74, 6) is -9.51. The Balaban J connectivity index is 1.76. The summed E-state index contributed by atoms with van der Waals surface area (Å²) >= 11 is 0. The maximum atomic E-state index is 13.2. The van der Waals surface area contributed by atoms with Gasteiger partial charge >= 0.3 is 0 Å². The second-order valence-electron chi connectivity index (χ2n) is 8.26. The molecule has 4 rings (SSSR count). The molecule has 5 atom stereocenters. The van der Waals surface area contributed by atoms with Crippen molar-refractivity contribution in [2.24, 2.45) is 35.3 Å². The summed E-state index contributed by atoms with van der Waals surface area (Å²) in [6, 6.07) is 2.76. The first-order valence-corrected chi connectivity index (χ1v) is 9.68. The lowest BCUT2D eigenvalue weighted by atomic mass is 9.56. The van der Waals surface area contributed by atoms with Crippen LogP contribution in [-0.4, -0.2) is 40.1 Å². The lowest BCUT2D eigenvalue weighted by Gasteiger charge is -2.44. The molecule has 0 aromatic heterocycles. The Morgan fingerprint density at radius 2 is 1.70 bits per heavy atom. The number of fused-ring (bicyclic) bond motifs is 3. The Labute approximate surface area is 171 Å². The monoisotopic (exact) mass is 412 g/mol. The van der Waals surface area contributed by atoms with Crippen LogP contribution in [-0.2, 0) is 30.4 Å². The van der Waals surface area contributed by atoms with Crippen LogP contribution in [0.2, 0.25) is 0 Å². The summed E-state index contributed by atoms with van der Waals surface area (Å²) in [4.78, 5) is 74.5. The minimum atomic E-state index is -1.66. The molecule has 0 radical (unpaired) electrons. The van der Waals surface area contributed by atoms with E-state index >= 15 is 0 Å². The fourth-order valence-corrected chi connectivity index (χ4v) is 5.30. The number of amides is 2. The first kappa shape index (κ1) is 19.9. The summed E-state index contributed by atoms with van der Waals surface area (Å²) in [6.07, 6.45) is 0.370. The second-order valence-corrected chi connectivity index (χ2v) is 8.26. The zero-order valence-corrected chi connectivity index (χ0v) is 16.1. The number of phenolic OH excluding ortho intramolecular Hbond substituents is 1. The van der Waals surface area contributed by atoms with Gasteiger partial charge in [-0.3, -0.25) is 28.8 Å². The van der Waals surface area contributed by atoms with Crippen LogP contribution in [0.5, 0.6) is 5.75 Å². The SMILES string of the molecule is CC(=O)Nc1ccc(O)c2c1CC1CC3CC(=O)C(C(N)=O)C(=O)C3C(=O)C1C2=O. The molecule has 0 bridgehead atoms. The van der Waals surface area contributed by atoms with Crippen molar-refractivity contribution in [3.63, 3.8) is 0 Å². The van der Waals surface area contributed by atoms with Crippen LogP contribution in [0, 0.1) is 29.6 Å². The van der Waals surface area contributed by atoms with E-state index in [4.69, 9.17) is 5.73 Å². The van der Waals surface area contributed by atoms with Crippen LogP contribution in [0.25, 0.3) is 0 Å². The van der Waals surface area contributed by atoms with Crippen molar-refractivity contribution >= 4 is 40.6 Å². The van der Waals surface area contributed by atoms with Gasteiger partial charge in [0.15, 0.2) is 29.1 Å². The van der Waals surface area contributed by atoms with E-state index in [0.717, 1.165) is 0 Å². The topological polar surface area (TPSA) is 161 Å². The molecular formula is C21H20N2O7. The Hall–Kier alpha value is -3.36. The number of carbonyl (C=O) groups excluding carboxylic acids is 6. The van der Waals surface area contributed by atoms with E-state index in [1.54, 1.807) is 0 Å². The van der Waals surface area contributed by atoms with Crippen LogP contribution >= 0.6 is 0 Å². The Morgan fingerprint density at radius 1 is 1.03 bits per heavy atom. The van der Waals surface area contributed by atoms with E-state index in [0.29, 0.717) is 11.3 Å². The smallest absolute Gasteiger partial charge is 0.235 e. The van der Waals surface area contributed by atoms with Crippen LogP contribution < -0.4 is 11.1 Å². The molecule has 5 unspecified atom stereocenters. The molecule has 3 aliphatic carbocycles. The predicted molar refractivity (Wildman–Crippen MR) is 101 cm³/mol. The van der Waals surface area contributed by atoms with Gasteiger partial charge in [0.2, 0.25) is 11.8 Å². The summed E-state index contributed by atoms with van der Waals surface area (Å²) in [7, 11) is 0. The number of anilines is 1. The van der Waals surface area contributed by atoms with Gasteiger partial charge in [-0.1, -0.05) is 0 Å². The van der Waals surface area contributed by atoms with Gasteiger partial charge in [0.05, 0.1) is 17.4 Å². The van der Waals surface area contributed by atoms with Gasteiger partial charge in [-0.05, 0) is 42.4 Å². The average molecular weight is 412 g/mol. The summed E-state index contributed by atoms with van der Waals surface area (Å²) in [5, 5.41) is 12.9. The summed E-state index contributed by atoms with van der Waals surface area (Å²) < 4.78 is 0. The lowest BCUT2D eigenvalue weighted by Crippen LogP contribution is -2.56. The van der Waals surface area contributed by atoms with E-state index in [2.05, 4.69) is 5.32 Å². The minimum absolute atomic E-state index is 0.0416. The largest absolute Gasteiger partial charge is 0.507 e. The van der Waals surface area contributed by atoms with Gasteiger partial charge in [0.1, 0.15) is 5.75 Å². The fraction of sp³-hybridized carbons (Fsp3) is 0.429. The van der Waals surface area contributed by atoms with Gasteiger partial charge in [-0.25, -0.2) is 0 Å².